The average Bonchev–Trinajstić information content (AvgIpc) is 2.89. The van der Waals surface area contributed by atoms with Crippen LogP contribution in [0.3, 0.4) is 0 Å². The van der Waals surface area contributed by atoms with Crippen LogP contribution in [0, 0.1) is 18.2 Å². The van der Waals surface area contributed by atoms with Crippen molar-refractivity contribution in [3.63, 3.8) is 0 Å². The maximum absolute atomic E-state index is 15.5. The highest BCUT2D eigenvalue weighted by atomic mass is 19.3. The summed E-state index contributed by atoms with van der Waals surface area (Å²) >= 11 is 0. The molecule has 1 aliphatic heterocycles. The lowest BCUT2D eigenvalue weighted by Crippen LogP contribution is -2.49. The predicted octanol–water partition coefficient (Wildman–Crippen LogP) is 3.65. The first-order valence-corrected chi connectivity index (χ1v) is 12.7. The molecule has 1 aromatic carbocycles. The lowest BCUT2D eigenvalue weighted by Gasteiger charge is -2.37. The molecule has 3 heterocycles. The quantitative estimate of drug-likeness (QED) is 0.441. The summed E-state index contributed by atoms with van der Waals surface area (Å²) in [6.45, 7) is 9.38. The SMILES string of the molecule is C#C[C@@H](Nc1nc(=O)n(C)c2cnc(N3CCN(C(C)C)CC3)cc12)c1cccc(C(F)(F)C(C)(C)O)c1F. The van der Waals surface area contributed by atoms with E-state index in [0.717, 1.165) is 46.1 Å². The molecule has 8 nitrogen and oxygen atoms in total. The van der Waals surface area contributed by atoms with Crippen LogP contribution < -0.4 is 15.9 Å². The summed E-state index contributed by atoms with van der Waals surface area (Å²) in [7, 11) is 1.56. The highest BCUT2D eigenvalue weighted by Gasteiger charge is 2.49. The standard InChI is InChI=1S/C28H33F3N6O2/c1-7-21(18-9-8-10-20(24(18)29)28(30,31)27(4,5)39)33-25-19-15-23(32-16-22(19)35(6)26(38)34-25)37-13-11-36(12-14-37)17(2)3/h1,8-10,15-17,21,39H,11-14H2,2-6H3,(H,33,34,38)/t21-/m1/s1. The summed E-state index contributed by atoms with van der Waals surface area (Å²) in [6, 6.07) is 4.42. The molecule has 0 radical (unpaired) electrons. The molecule has 0 bridgehead atoms. The fraction of sp³-hybridized carbons (Fsp3) is 0.464. The summed E-state index contributed by atoms with van der Waals surface area (Å²) in [5, 5.41) is 13.4. The molecule has 2 aromatic heterocycles. The van der Waals surface area contributed by atoms with Gasteiger partial charge in [0.1, 0.15) is 29.1 Å². The van der Waals surface area contributed by atoms with Crippen LogP contribution in [0.4, 0.5) is 24.8 Å². The third kappa shape index (κ3) is 5.31. The fourth-order valence-corrected chi connectivity index (χ4v) is 4.67. The highest BCUT2D eigenvalue weighted by molar-refractivity contribution is 5.91. The van der Waals surface area contributed by atoms with Crippen LogP contribution in [-0.2, 0) is 13.0 Å². The number of halogens is 3. The molecule has 39 heavy (non-hydrogen) atoms. The number of rotatable bonds is 7. The Balaban J connectivity index is 1.74. The Kier molecular flexibility index (Phi) is 7.65. The van der Waals surface area contributed by atoms with Gasteiger partial charge in [-0.25, -0.2) is 14.2 Å². The molecule has 2 N–H and O–H groups in total. The normalized spacial score (nSPS) is 16.0. The van der Waals surface area contributed by atoms with E-state index in [0.29, 0.717) is 22.8 Å². The van der Waals surface area contributed by atoms with Crippen molar-refractivity contribution in [2.75, 3.05) is 36.4 Å². The molecular formula is C28H33F3N6O2. The number of aromatic nitrogens is 3. The molecule has 1 saturated heterocycles. The van der Waals surface area contributed by atoms with Gasteiger partial charge in [0.25, 0.3) is 0 Å². The second-order valence-electron chi connectivity index (χ2n) is 10.6. The molecule has 3 aromatic rings. The smallest absolute Gasteiger partial charge is 0.349 e. The second-order valence-corrected chi connectivity index (χ2v) is 10.6. The monoisotopic (exact) mass is 542 g/mol. The van der Waals surface area contributed by atoms with Crippen molar-refractivity contribution in [2.45, 2.75) is 51.3 Å². The number of benzene rings is 1. The zero-order chi connectivity index (χ0) is 28.7. The Morgan fingerprint density at radius 2 is 1.85 bits per heavy atom. The minimum Gasteiger partial charge on any atom is -0.384 e. The lowest BCUT2D eigenvalue weighted by atomic mass is 9.90. The zero-order valence-corrected chi connectivity index (χ0v) is 22.7. The van der Waals surface area contributed by atoms with Gasteiger partial charge in [0.05, 0.1) is 17.3 Å². The Morgan fingerprint density at radius 1 is 1.18 bits per heavy atom. The van der Waals surface area contributed by atoms with Gasteiger partial charge in [-0.15, -0.1) is 6.42 Å². The second kappa shape index (κ2) is 10.5. The van der Waals surface area contributed by atoms with Gasteiger partial charge in [-0.2, -0.15) is 13.8 Å². The first-order chi connectivity index (χ1) is 18.3. The molecule has 208 valence electrons. The number of alkyl halides is 2. The van der Waals surface area contributed by atoms with Gasteiger partial charge in [0, 0.05) is 50.2 Å². The Bertz CT molecular complexity index is 1470. The number of fused-ring (bicyclic) bond motifs is 1. The molecule has 0 amide bonds. The summed E-state index contributed by atoms with van der Waals surface area (Å²) in [5.41, 5.74) is -3.86. The maximum Gasteiger partial charge on any atom is 0.349 e. The Morgan fingerprint density at radius 3 is 2.44 bits per heavy atom. The molecule has 1 aliphatic rings. The summed E-state index contributed by atoms with van der Waals surface area (Å²) in [5.74, 6) is -1.99. The van der Waals surface area contributed by atoms with Gasteiger partial charge >= 0.3 is 11.6 Å². The Hall–Kier alpha value is -3.62. The van der Waals surface area contributed by atoms with Crippen molar-refractivity contribution in [2.24, 2.45) is 7.05 Å². The number of aryl methyl sites for hydroxylation is 1. The summed E-state index contributed by atoms with van der Waals surface area (Å²) < 4.78 is 46.5. The van der Waals surface area contributed by atoms with Crippen molar-refractivity contribution in [1.82, 2.24) is 19.4 Å². The topological polar surface area (TPSA) is 86.5 Å². The number of nitrogens with one attached hydrogen (secondary N) is 1. The van der Waals surface area contributed by atoms with E-state index in [-0.39, 0.29) is 11.4 Å². The van der Waals surface area contributed by atoms with E-state index in [1.54, 1.807) is 19.3 Å². The van der Waals surface area contributed by atoms with Crippen LogP contribution in [-0.4, -0.2) is 62.4 Å². The summed E-state index contributed by atoms with van der Waals surface area (Å²) in [6.07, 6.45) is 7.28. The van der Waals surface area contributed by atoms with Gasteiger partial charge in [-0.3, -0.25) is 9.47 Å². The third-order valence-electron chi connectivity index (χ3n) is 7.24. The molecule has 0 saturated carbocycles. The van der Waals surface area contributed by atoms with E-state index in [4.69, 9.17) is 6.42 Å². The number of hydrogen-bond acceptors (Lipinski definition) is 7. The van der Waals surface area contributed by atoms with Gasteiger partial charge in [0.2, 0.25) is 0 Å². The van der Waals surface area contributed by atoms with Crippen LogP contribution in [0.15, 0.2) is 35.3 Å². The maximum atomic E-state index is 15.5. The molecule has 11 heteroatoms. The molecule has 1 fully saturated rings. The van der Waals surface area contributed by atoms with Crippen LogP contribution in [0.2, 0.25) is 0 Å². The van der Waals surface area contributed by atoms with Gasteiger partial charge in [0.15, 0.2) is 0 Å². The molecule has 0 aliphatic carbocycles. The van der Waals surface area contributed by atoms with Crippen molar-refractivity contribution in [3.05, 3.63) is 57.9 Å². The highest BCUT2D eigenvalue weighted by Crippen LogP contribution is 2.41. The Labute approximate surface area is 225 Å². The van der Waals surface area contributed by atoms with E-state index >= 15 is 4.39 Å². The predicted molar refractivity (Wildman–Crippen MR) is 145 cm³/mol. The summed E-state index contributed by atoms with van der Waals surface area (Å²) in [4.78, 5) is 25.8. The number of aliphatic hydroxyl groups is 1. The number of anilines is 2. The van der Waals surface area contributed by atoms with Crippen LogP contribution in [0.5, 0.6) is 0 Å². The van der Waals surface area contributed by atoms with E-state index < -0.39 is 34.6 Å². The third-order valence-corrected chi connectivity index (χ3v) is 7.24. The van der Waals surface area contributed by atoms with E-state index in [1.165, 1.54) is 16.7 Å². The van der Waals surface area contributed by atoms with Gasteiger partial charge < -0.3 is 15.3 Å². The van der Waals surface area contributed by atoms with Crippen LogP contribution >= 0.6 is 0 Å². The lowest BCUT2D eigenvalue weighted by molar-refractivity contribution is -0.170. The fourth-order valence-electron chi connectivity index (χ4n) is 4.67. The van der Waals surface area contributed by atoms with Crippen molar-refractivity contribution < 1.29 is 18.3 Å². The van der Waals surface area contributed by atoms with Gasteiger partial charge in [-0.05, 0) is 39.8 Å². The molecule has 0 unspecified atom stereocenters. The molecular weight excluding hydrogens is 509 g/mol. The molecule has 1 atom stereocenters. The van der Waals surface area contributed by atoms with Crippen molar-refractivity contribution in [3.8, 4) is 12.3 Å². The van der Waals surface area contributed by atoms with E-state index in [9.17, 15) is 18.7 Å². The van der Waals surface area contributed by atoms with Gasteiger partial charge in [-0.1, -0.05) is 18.1 Å². The molecule has 0 spiro atoms. The average molecular weight is 543 g/mol. The van der Waals surface area contributed by atoms with Crippen molar-refractivity contribution in [1.29, 1.82) is 0 Å². The number of hydrogen-bond donors (Lipinski definition) is 2. The number of nitrogens with zero attached hydrogens (tertiary/aromatic N) is 5. The first-order valence-electron chi connectivity index (χ1n) is 12.7. The zero-order valence-electron chi connectivity index (χ0n) is 22.7. The number of pyridine rings is 1. The largest absolute Gasteiger partial charge is 0.384 e. The first kappa shape index (κ1) is 28.4. The molecule has 4 rings (SSSR count). The minimum atomic E-state index is -3.89. The number of piperazine rings is 1. The van der Waals surface area contributed by atoms with Crippen molar-refractivity contribution >= 4 is 22.5 Å². The van der Waals surface area contributed by atoms with E-state index in [2.05, 4.69) is 44.9 Å². The number of terminal acetylenes is 1. The van der Waals surface area contributed by atoms with E-state index in [1.807, 2.05) is 0 Å². The van der Waals surface area contributed by atoms with Crippen LogP contribution in [0.1, 0.15) is 44.9 Å². The minimum absolute atomic E-state index is 0.0829. The van der Waals surface area contributed by atoms with Crippen LogP contribution in [0.25, 0.3) is 10.9 Å².